The van der Waals surface area contributed by atoms with Crippen LogP contribution in [0.15, 0.2) is 48.7 Å². The van der Waals surface area contributed by atoms with E-state index in [-0.39, 0.29) is 12.1 Å². The summed E-state index contributed by atoms with van der Waals surface area (Å²) in [5.41, 5.74) is 7.48. The first-order valence-electron chi connectivity index (χ1n) is 13.3. The van der Waals surface area contributed by atoms with Crippen LogP contribution in [0.1, 0.15) is 122 Å². The van der Waals surface area contributed by atoms with Gasteiger partial charge in [0.1, 0.15) is 6.17 Å². The lowest BCUT2D eigenvalue weighted by Gasteiger charge is -2.53. The smallest absolute Gasteiger partial charge is 0.240 e. The maximum absolute atomic E-state index is 14.3. The van der Waals surface area contributed by atoms with Gasteiger partial charge < -0.3 is 4.90 Å². The zero-order valence-corrected chi connectivity index (χ0v) is 23.9. The summed E-state index contributed by atoms with van der Waals surface area (Å²) in [7, 11) is 0. The van der Waals surface area contributed by atoms with Crippen molar-refractivity contribution in [1.82, 2.24) is 0 Å². The van der Waals surface area contributed by atoms with Crippen molar-refractivity contribution in [3.63, 3.8) is 0 Å². The van der Waals surface area contributed by atoms with E-state index >= 15 is 0 Å². The molecule has 0 N–H and O–H groups in total. The van der Waals surface area contributed by atoms with Crippen LogP contribution in [0.25, 0.3) is 0 Å². The number of hydrogen-bond acceptors (Lipinski definition) is 2. The second-order valence-electron chi connectivity index (χ2n) is 11.9. The third-order valence-corrected chi connectivity index (χ3v) is 7.68. The lowest BCUT2D eigenvalue weighted by molar-refractivity contribution is -0.126. The van der Waals surface area contributed by atoms with Crippen molar-refractivity contribution in [2.45, 2.75) is 106 Å². The van der Waals surface area contributed by atoms with Crippen LogP contribution >= 0.6 is 0 Å². The molecule has 190 valence electrons. The van der Waals surface area contributed by atoms with E-state index in [9.17, 15) is 4.79 Å². The van der Waals surface area contributed by atoms with Gasteiger partial charge in [-0.2, -0.15) is 0 Å². The van der Waals surface area contributed by atoms with Gasteiger partial charge in [-0.3, -0.25) is 9.69 Å². The molecule has 0 bridgehead atoms. The van der Waals surface area contributed by atoms with E-state index in [1.807, 2.05) is 13.8 Å². The second-order valence-corrected chi connectivity index (χ2v) is 11.9. The maximum Gasteiger partial charge on any atom is 0.240 e. The summed E-state index contributed by atoms with van der Waals surface area (Å²) in [6.45, 7) is 28.6. The number of anilines is 2. The minimum Gasteiger partial charge on any atom is -0.323 e. The molecule has 0 radical (unpaired) electrons. The van der Waals surface area contributed by atoms with Gasteiger partial charge in [0.05, 0.1) is 11.1 Å². The normalized spacial score (nSPS) is 18.5. The molecule has 3 heteroatoms. The highest BCUT2D eigenvalue weighted by Crippen LogP contribution is 2.49. The van der Waals surface area contributed by atoms with Gasteiger partial charge in [0, 0.05) is 11.4 Å². The average molecular weight is 475 g/mol. The molecule has 0 aromatic heterocycles. The third-order valence-electron chi connectivity index (χ3n) is 7.68. The number of rotatable bonds is 6. The lowest BCUT2D eigenvalue weighted by atomic mass is 9.81. The van der Waals surface area contributed by atoms with E-state index in [1.165, 1.54) is 27.9 Å². The van der Waals surface area contributed by atoms with Gasteiger partial charge >= 0.3 is 0 Å². The predicted molar refractivity (Wildman–Crippen MR) is 152 cm³/mol. The van der Waals surface area contributed by atoms with Crippen molar-refractivity contribution >= 4 is 17.3 Å². The topological polar surface area (TPSA) is 23.6 Å². The molecule has 1 saturated heterocycles. The number of carbonyl (C=O) groups is 1. The van der Waals surface area contributed by atoms with E-state index in [0.717, 1.165) is 11.4 Å². The van der Waals surface area contributed by atoms with Gasteiger partial charge in [0.25, 0.3) is 0 Å². The predicted octanol–water partition coefficient (Wildman–Crippen LogP) is 8.92. The molecule has 1 unspecified atom stereocenters. The van der Waals surface area contributed by atoms with Gasteiger partial charge in [-0.05, 0) is 66.7 Å². The van der Waals surface area contributed by atoms with Crippen molar-refractivity contribution in [3.05, 3.63) is 70.9 Å². The summed E-state index contributed by atoms with van der Waals surface area (Å²) in [5, 5.41) is 0. The summed E-state index contributed by atoms with van der Waals surface area (Å²) in [4.78, 5) is 18.7. The third kappa shape index (κ3) is 4.55. The molecule has 0 saturated carbocycles. The Kier molecular flexibility index (Phi) is 7.60. The Bertz CT molecular complexity index is 969. The highest BCUT2D eigenvalue weighted by Gasteiger charge is 2.49. The van der Waals surface area contributed by atoms with E-state index in [0.29, 0.717) is 23.7 Å². The standard InChI is InChI=1S/C32H46N2O/c1-19(2)25-15-13-16-26(20(3)4)29(25)33-23(9)32(11,12)31(35)34(24(33)10)30-27(21(5)6)17-14-18-28(30)22(7)8/h13-22,24H,9H2,1-8,10-12H3. The van der Waals surface area contributed by atoms with Gasteiger partial charge in [0.15, 0.2) is 0 Å². The Morgan fingerprint density at radius 3 is 1.31 bits per heavy atom. The van der Waals surface area contributed by atoms with Crippen LogP contribution in [0.5, 0.6) is 0 Å². The summed E-state index contributed by atoms with van der Waals surface area (Å²) in [5.74, 6) is 1.44. The molecular weight excluding hydrogens is 428 g/mol. The fraction of sp³-hybridized carbons (Fsp3) is 0.531. The Morgan fingerprint density at radius 1 is 0.686 bits per heavy atom. The number of hydrogen-bond donors (Lipinski definition) is 0. The minimum atomic E-state index is -0.733. The Balaban J connectivity index is 2.38. The second kappa shape index (κ2) is 9.84. The van der Waals surface area contributed by atoms with Crippen LogP contribution in [0.3, 0.4) is 0 Å². The highest BCUT2D eigenvalue weighted by atomic mass is 16.2. The summed E-state index contributed by atoms with van der Waals surface area (Å²) >= 11 is 0. The van der Waals surface area contributed by atoms with E-state index in [1.54, 1.807) is 0 Å². The molecule has 1 atom stereocenters. The lowest BCUT2D eigenvalue weighted by Crippen LogP contribution is -2.62. The number of para-hydroxylation sites is 2. The van der Waals surface area contributed by atoms with Gasteiger partial charge in [-0.25, -0.2) is 0 Å². The Morgan fingerprint density at radius 2 is 1.00 bits per heavy atom. The Hall–Kier alpha value is -2.55. The monoisotopic (exact) mass is 474 g/mol. The first-order chi connectivity index (χ1) is 16.2. The summed E-state index contributed by atoms with van der Waals surface area (Å²) in [6, 6.07) is 13.2. The van der Waals surface area contributed by atoms with Gasteiger partial charge in [0.2, 0.25) is 5.91 Å². The van der Waals surface area contributed by atoms with Crippen molar-refractivity contribution in [3.8, 4) is 0 Å². The van der Waals surface area contributed by atoms with Crippen molar-refractivity contribution < 1.29 is 4.79 Å². The van der Waals surface area contributed by atoms with Crippen LogP contribution in [-0.4, -0.2) is 12.1 Å². The zero-order valence-electron chi connectivity index (χ0n) is 23.9. The fourth-order valence-electron chi connectivity index (χ4n) is 5.43. The number of benzene rings is 2. The van der Waals surface area contributed by atoms with E-state index in [2.05, 4.69) is 115 Å². The molecule has 1 aliphatic rings. The highest BCUT2D eigenvalue weighted by molar-refractivity contribution is 6.04. The minimum absolute atomic E-state index is 0.120. The first kappa shape index (κ1) is 27.0. The zero-order chi connectivity index (χ0) is 26.4. The van der Waals surface area contributed by atoms with Gasteiger partial charge in [-0.15, -0.1) is 0 Å². The molecule has 3 nitrogen and oxygen atoms in total. The average Bonchev–Trinajstić information content (AvgIpc) is 2.77. The fourth-order valence-corrected chi connectivity index (χ4v) is 5.43. The molecule has 1 amide bonds. The molecule has 0 spiro atoms. The Labute approximate surface area is 214 Å². The van der Waals surface area contributed by atoms with Crippen molar-refractivity contribution in [2.24, 2.45) is 5.41 Å². The quantitative estimate of drug-likeness (QED) is 0.417. The maximum atomic E-state index is 14.3. The SMILES string of the molecule is C=C1N(c2c(C(C)C)cccc2C(C)C)C(C)N(c2c(C(C)C)cccc2C(C)C)C(=O)C1(C)C. The largest absolute Gasteiger partial charge is 0.323 e. The molecule has 1 heterocycles. The summed E-state index contributed by atoms with van der Waals surface area (Å²) in [6.07, 6.45) is -0.196. The van der Waals surface area contributed by atoms with Crippen LogP contribution in [0.4, 0.5) is 11.4 Å². The van der Waals surface area contributed by atoms with E-state index in [4.69, 9.17) is 0 Å². The molecule has 35 heavy (non-hydrogen) atoms. The molecule has 0 aliphatic carbocycles. The van der Waals surface area contributed by atoms with E-state index < -0.39 is 5.41 Å². The van der Waals surface area contributed by atoms with Crippen LogP contribution in [0.2, 0.25) is 0 Å². The molecule has 1 fully saturated rings. The van der Waals surface area contributed by atoms with Crippen LogP contribution in [0, 0.1) is 5.41 Å². The number of nitrogens with zero attached hydrogens (tertiary/aromatic N) is 2. The molecular formula is C32H46N2O. The molecule has 1 aliphatic heterocycles. The van der Waals surface area contributed by atoms with Gasteiger partial charge in [-0.1, -0.05) is 98.4 Å². The van der Waals surface area contributed by atoms with Crippen LogP contribution < -0.4 is 9.80 Å². The summed E-state index contributed by atoms with van der Waals surface area (Å²) < 4.78 is 0. The molecule has 2 aromatic carbocycles. The molecule has 3 rings (SSSR count). The number of carbonyl (C=O) groups excluding carboxylic acids is 1. The van der Waals surface area contributed by atoms with Crippen LogP contribution in [-0.2, 0) is 4.79 Å². The van der Waals surface area contributed by atoms with Crippen molar-refractivity contribution in [2.75, 3.05) is 9.80 Å². The van der Waals surface area contributed by atoms with Crippen molar-refractivity contribution in [1.29, 1.82) is 0 Å². The number of amides is 1. The first-order valence-corrected chi connectivity index (χ1v) is 13.3. The molecule has 2 aromatic rings.